The summed E-state index contributed by atoms with van der Waals surface area (Å²) < 4.78 is 1.42. The highest BCUT2D eigenvalue weighted by atomic mass is 35.5. The Kier molecular flexibility index (Phi) is 4.71. The van der Waals surface area contributed by atoms with Crippen molar-refractivity contribution < 1.29 is 14.7 Å². The van der Waals surface area contributed by atoms with Crippen LogP contribution in [0.15, 0.2) is 18.2 Å². The lowest BCUT2D eigenvalue weighted by Crippen LogP contribution is -2.59. The third-order valence-corrected chi connectivity index (χ3v) is 4.92. The Morgan fingerprint density at radius 1 is 1.32 bits per heavy atom. The molecule has 0 atom stereocenters. The van der Waals surface area contributed by atoms with Crippen LogP contribution in [0.25, 0.3) is 5.69 Å². The first-order valence-corrected chi connectivity index (χ1v) is 8.60. The summed E-state index contributed by atoms with van der Waals surface area (Å²) in [6.45, 7) is 1.86. The number of aryl methyl sites for hydroxylation is 1. The van der Waals surface area contributed by atoms with Gasteiger partial charge in [-0.2, -0.15) is 0 Å². The second-order valence-corrected chi connectivity index (χ2v) is 6.70. The van der Waals surface area contributed by atoms with Gasteiger partial charge in [0, 0.05) is 6.42 Å². The third-order valence-electron chi connectivity index (χ3n) is 4.31. The number of carboxylic acids is 1. The fourth-order valence-corrected chi connectivity index (χ4v) is 3.29. The molecule has 1 aliphatic rings. The van der Waals surface area contributed by atoms with E-state index in [1.165, 1.54) is 4.68 Å². The Morgan fingerprint density at radius 2 is 1.96 bits per heavy atom. The Morgan fingerprint density at radius 3 is 2.44 bits per heavy atom. The van der Waals surface area contributed by atoms with Gasteiger partial charge in [-0.15, -0.1) is 5.10 Å². The van der Waals surface area contributed by atoms with Crippen LogP contribution in [0.3, 0.4) is 0 Å². The number of rotatable bonds is 5. The van der Waals surface area contributed by atoms with Gasteiger partial charge in [0.2, 0.25) is 5.82 Å². The smallest absolute Gasteiger partial charge is 0.329 e. The number of nitrogens with zero attached hydrogens (tertiary/aromatic N) is 3. The minimum atomic E-state index is -1.23. The number of halogens is 2. The quantitative estimate of drug-likeness (QED) is 0.828. The predicted molar refractivity (Wildman–Crippen MR) is 92.4 cm³/mol. The first-order valence-electron chi connectivity index (χ1n) is 7.84. The second-order valence-electron chi connectivity index (χ2n) is 5.88. The van der Waals surface area contributed by atoms with Gasteiger partial charge in [-0.3, -0.25) is 4.79 Å². The Balaban J connectivity index is 1.96. The van der Waals surface area contributed by atoms with E-state index in [0.717, 1.165) is 6.42 Å². The molecule has 0 radical (unpaired) electrons. The van der Waals surface area contributed by atoms with Crippen LogP contribution in [0.5, 0.6) is 0 Å². The number of benzene rings is 1. The van der Waals surface area contributed by atoms with Crippen molar-refractivity contribution in [3.8, 4) is 5.69 Å². The lowest BCUT2D eigenvalue weighted by atomic mass is 9.77. The minimum Gasteiger partial charge on any atom is -0.480 e. The molecule has 1 aliphatic carbocycles. The summed E-state index contributed by atoms with van der Waals surface area (Å²) in [4.78, 5) is 28.1. The molecule has 0 saturated heterocycles. The largest absolute Gasteiger partial charge is 0.480 e. The van der Waals surface area contributed by atoms with Crippen molar-refractivity contribution in [3.05, 3.63) is 39.9 Å². The highest BCUT2D eigenvalue weighted by Crippen LogP contribution is 2.32. The zero-order valence-corrected chi connectivity index (χ0v) is 14.9. The monoisotopic (exact) mass is 382 g/mol. The number of aromatic nitrogens is 3. The summed E-state index contributed by atoms with van der Waals surface area (Å²) in [7, 11) is 0. The number of para-hydroxylation sites is 1. The Bertz CT molecular complexity index is 826. The van der Waals surface area contributed by atoms with Crippen LogP contribution in [-0.4, -0.2) is 37.3 Å². The van der Waals surface area contributed by atoms with Gasteiger partial charge < -0.3 is 10.4 Å². The van der Waals surface area contributed by atoms with E-state index in [1.807, 2.05) is 6.92 Å². The van der Waals surface area contributed by atoms with Gasteiger partial charge in [-0.25, -0.2) is 14.5 Å². The van der Waals surface area contributed by atoms with E-state index in [-0.39, 0.29) is 5.82 Å². The van der Waals surface area contributed by atoms with Crippen LogP contribution in [-0.2, 0) is 11.2 Å². The lowest BCUT2D eigenvalue weighted by molar-refractivity contribution is -0.148. The van der Waals surface area contributed by atoms with Crippen molar-refractivity contribution in [2.24, 2.45) is 0 Å². The molecule has 9 heteroatoms. The maximum absolute atomic E-state index is 12.5. The Hall–Kier alpha value is -2.12. The van der Waals surface area contributed by atoms with E-state index >= 15 is 0 Å². The number of nitrogens with one attached hydrogen (secondary N) is 1. The van der Waals surface area contributed by atoms with Gasteiger partial charge >= 0.3 is 5.97 Å². The normalized spacial score (nSPS) is 15.5. The number of aliphatic carboxylic acids is 1. The molecule has 2 N–H and O–H groups in total. The van der Waals surface area contributed by atoms with Crippen molar-refractivity contribution in [2.45, 2.75) is 38.1 Å². The van der Waals surface area contributed by atoms with E-state index in [2.05, 4.69) is 15.4 Å². The molecule has 1 fully saturated rings. The van der Waals surface area contributed by atoms with Crippen molar-refractivity contribution in [1.29, 1.82) is 0 Å². The van der Waals surface area contributed by atoms with Crippen molar-refractivity contribution in [3.63, 3.8) is 0 Å². The van der Waals surface area contributed by atoms with E-state index < -0.39 is 17.4 Å². The maximum atomic E-state index is 12.5. The summed E-state index contributed by atoms with van der Waals surface area (Å²) in [6, 6.07) is 5.03. The highest BCUT2D eigenvalue weighted by Gasteiger charge is 2.46. The predicted octanol–water partition coefficient (Wildman–Crippen LogP) is 2.87. The molecule has 25 heavy (non-hydrogen) atoms. The third kappa shape index (κ3) is 3.09. The zero-order chi connectivity index (χ0) is 18.2. The molecule has 3 rings (SSSR count). The molecule has 2 aromatic rings. The SMILES string of the molecule is CCc1nc(C(=O)NC2(C(=O)O)CCC2)nn1-c1c(Cl)cccc1Cl. The number of amides is 1. The number of carboxylic acid groups (broad SMARTS) is 1. The van der Waals surface area contributed by atoms with Crippen LogP contribution in [0.1, 0.15) is 42.6 Å². The van der Waals surface area contributed by atoms with Crippen LogP contribution in [0.4, 0.5) is 0 Å². The van der Waals surface area contributed by atoms with Crippen LogP contribution >= 0.6 is 23.2 Å². The summed E-state index contributed by atoms with van der Waals surface area (Å²) in [6.07, 6.45) is 2.04. The topological polar surface area (TPSA) is 97.1 Å². The molecular weight excluding hydrogens is 367 g/mol. The van der Waals surface area contributed by atoms with E-state index in [1.54, 1.807) is 18.2 Å². The van der Waals surface area contributed by atoms with Crippen LogP contribution in [0, 0.1) is 0 Å². The maximum Gasteiger partial charge on any atom is 0.329 e. The molecule has 0 spiro atoms. The van der Waals surface area contributed by atoms with Crippen molar-refractivity contribution in [2.75, 3.05) is 0 Å². The average molecular weight is 383 g/mol. The van der Waals surface area contributed by atoms with E-state index in [4.69, 9.17) is 23.2 Å². The molecule has 0 aliphatic heterocycles. The summed E-state index contributed by atoms with van der Waals surface area (Å²) in [5.41, 5.74) is -0.789. The summed E-state index contributed by atoms with van der Waals surface area (Å²) >= 11 is 12.4. The van der Waals surface area contributed by atoms with E-state index in [0.29, 0.717) is 40.8 Å². The summed E-state index contributed by atoms with van der Waals surface area (Å²) in [5, 5.41) is 16.8. The molecule has 1 saturated carbocycles. The fourth-order valence-electron chi connectivity index (χ4n) is 2.74. The number of hydrogen-bond donors (Lipinski definition) is 2. The van der Waals surface area contributed by atoms with Gasteiger partial charge in [-0.1, -0.05) is 36.2 Å². The van der Waals surface area contributed by atoms with Crippen molar-refractivity contribution in [1.82, 2.24) is 20.1 Å². The second kappa shape index (κ2) is 6.65. The zero-order valence-electron chi connectivity index (χ0n) is 13.4. The van der Waals surface area contributed by atoms with Gasteiger partial charge in [0.15, 0.2) is 0 Å². The molecule has 0 bridgehead atoms. The molecule has 7 nitrogen and oxygen atoms in total. The fraction of sp³-hybridized carbons (Fsp3) is 0.375. The van der Waals surface area contributed by atoms with Gasteiger partial charge in [0.1, 0.15) is 17.1 Å². The van der Waals surface area contributed by atoms with Crippen molar-refractivity contribution >= 4 is 35.1 Å². The minimum absolute atomic E-state index is 0.111. The number of hydrogen-bond acceptors (Lipinski definition) is 4. The lowest BCUT2D eigenvalue weighted by Gasteiger charge is -2.37. The van der Waals surface area contributed by atoms with Crippen LogP contribution in [0.2, 0.25) is 10.0 Å². The molecule has 1 aromatic heterocycles. The highest BCUT2D eigenvalue weighted by molar-refractivity contribution is 6.37. The standard InChI is InChI=1S/C16H16Cl2N4O3/c1-2-11-19-13(14(23)20-16(15(24)25)7-4-8-16)21-22(11)12-9(17)5-3-6-10(12)18/h3,5-6H,2,4,7-8H2,1H3,(H,20,23)(H,24,25). The average Bonchev–Trinajstić information content (AvgIpc) is 2.94. The molecule has 132 valence electrons. The van der Waals surface area contributed by atoms with Crippen LogP contribution < -0.4 is 5.32 Å². The number of carbonyl (C=O) groups excluding carboxylic acids is 1. The molecule has 1 heterocycles. The van der Waals surface area contributed by atoms with E-state index in [9.17, 15) is 14.7 Å². The molecular formula is C16H16Cl2N4O3. The molecule has 1 amide bonds. The summed E-state index contributed by atoms with van der Waals surface area (Å²) in [5.74, 6) is -1.28. The Labute approximate surface area is 154 Å². The first kappa shape index (κ1) is 17.7. The van der Waals surface area contributed by atoms with Gasteiger partial charge in [0.25, 0.3) is 5.91 Å². The molecule has 1 aromatic carbocycles. The van der Waals surface area contributed by atoms with Gasteiger partial charge in [-0.05, 0) is 31.4 Å². The molecule has 0 unspecified atom stereocenters. The number of carbonyl (C=O) groups is 2. The van der Waals surface area contributed by atoms with Gasteiger partial charge in [0.05, 0.1) is 10.0 Å². The first-order chi connectivity index (χ1) is 11.9.